The Morgan fingerprint density at radius 3 is 2.86 bits per heavy atom. The van der Waals surface area contributed by atoms with Crippen LogP contribution in [-0.4, -0.2) is 23.2 Å². The second kappa shape index (κ2) is 5.93. The van der Waals surface area contributed by atoms with Crippen LogP contribution in [-0.2, 0) is 4.74 Å². The number of nitrogens with zero attached hydrogens (tertiary/aromatic N) is 1. The monoisotopic (exact) mass is 300 g/mol. The molecule has 1 aliphatic heterocycles. The molecule has 1 aromatic carbocycles. The number of nitro groups is 1. The van der Waals surface area contributed by atoms with Crippen LogP contribution in [0, 0.1) is 21.7 Å². The molecule has 7 heteroatoms. The van der Waals surface area contributed by atoms with Gasteiger partial charge in [0.1, 0.15) is 11.5 Å². The lowest BCUT2D eigenvalue weighted by molar-refractivity contribution is -0.384. The molecule has 0 amide bonds. The van der Waals surface area contributed by atoms with Gasteiger partial charge in [0.25, 0.3) is 5.69 Å². The number of anilines is 1. The highest BCUT2D eigenvalue weighted by molar-refractivity contribution is 5.63. The molecule has 0 radical (unpaired) electrons. The molecule has 21 heavy (non-hydrogen) atoms. The van der Waals surface area contributed by atoms with Gasteiger partial charge in [-0.1, -0.05) is 6.92 Å². The fourth-order valence-electron chi connectivity index (χ4n) is 2.55. The number of hydrogen-bond donors (Lipinski definition) is 1. The number of hydrogen-bond acceptors (Lipinski definition) is 4. The highest BCUT2D eigenvalue weighted by Gasteiger charge is 2.33. The summed E-state index contributed by atoms with van der Waals surface area (Å²) in [7, 11) is 0. The second-order valence-electron chi connectivity index (χ2n) is 5.52. The van der Waals surface area contributed by atoms with Gasteiger partial charge in [-0.3, -0.25) is 10.1 Å². The van der Waals surface area contributed by atoms with Gasteiger partial charge in [-0.2, -0.15) is 0 Å². The molecule has 1 heterocycles. The molecule has 2 rings (SSSR count). The molecule has 1 aliphatic rings. The number of ether oxygens (including phenoxy) is 1. The van der Waals surface area contributed by atoms with Crippen molar-refractivity contribution in [1.82, 2.24) is 0 Å². The molecule has 0 aliphatic carbocycles. The van der Waals surface area contributed by atoms with Crippen LogP contribution in [0.3, 0.4) is 0 Å². The smallest absolute Gasteiger partial charge is 0.298 e. The summed E-state index contributed by atoms with van der Waals surface area (Å²) in [6, 6.07) is 1.22. The first kappa shape index (κ1) is 15.6. The Kier molecular flexibility index (Phi) is 4.41. The van der Waals surface area contributed by atoms with Crippen molar-refractivity contribution in [3.05, 3.63) is 33.9 Å². The van der Waals surface area contributed by atoms with Crippen molar-refractivity contribution in [1.29, 1.82) is 0 Å². The maximum Gasteiger partial charge on any atom is 0.298 e. The van der Waals surface area contributed by atoms with Crippen LogP contribution in [0.1, 0.15) is 33.1 Å². The van der Waals surface area contributed by atoms with Crippen molar-refractivity contribution in [2.24, 2.45) is 0 Å². The summed E-state index contributed by atoms with van der Waals surface area (Å²) in [5.74, 6) is -1.92. The molecule has 5 nitrogen and oxygen atoms in total. The molecule has 1 N–H and O–H groups in total. The fourth-order valence-corrected chi connectivity index (χ4v) is 2.55. The van der Waals surface area contributed by atoms with Crippen molar-refractivity contribution in [3.63, 3.8) is 0 Å². The number of halogens is 2. The van der Waals surface area contributed by atoms with Gasteiger partial charge in [0, 0.05) is 18.7 Å². The van der Waals surface area contributed by atoms with E-state index >= 15 is 0 Å². The molecule has 1 saturated heterocycles. The molecule has 0 spiro atoms. The summed E-state index contributed by atoms with van der Waals surface area (Å²) in [5.41, 5.74) is -1.18. The van der Waals surface area contributed by atoms with Crippen LogP contribution < -0.4 is 5.32 Å². The Balaban J connectivity index is 2.25. The zero-order valence-electron chi connectivity index (χ0n) is 12.0. The maximum atomic E-state index is 13.9. The third kappa shape index (κ3) is 3.47. The Labute approximate surface area is 121 Å². The van der Waals surface area contributed by atoms with Crippen LogP contribution in [0.4, 0.5) is 20.2 Å². The van der Waals surface area contributed by atoms with E-state index in [0.717, 1.165) is 12.5 Å². The van der Waals surface area contributed by atoms with E-state index < -0.39 is 22.2 Å². The quantitative estimate of drug-likeness (QED) is 0.681. The van der Waals surface area contributed by atoms with E-state index in [1.165, 1.54) is 0 Å². The molecule has 0 saturated carbocycles. The minimum Gasteiger partial charge on any atom is -0.375 e. The van der Waals surface area contributed by atoms with E-state index in [9.17, 15) is 18.9 Å². The van der Waals surface area contributed by atoms with Gasteiger partial charge in [0.2, 0.25) is 0 Å². The van der Waals surface area contributed by atoms with Crippen LogP contribution >= 0.6 is 0 Å². The van der Waals surface area contributed by atoms with E-state index in [-0.39, 0.29) is 17.3 Å². The lowest BCUT2D eigenvalue weighted by Crippen LogP contribution is -2.42. The largest absolute Gasteiger partial charge is 0.375 e. The normalized spacial score (nSPS) is 25.6. The first-order valence-electron chi connectivity index (χ1n) is 6.88. The van der Waals surface area contributed by atoms with E-state index in [2.05, 4.69) is 5.32 Å². The Bertz CT molecular complexity index is 553. The Hall–Kier alpha value is -1.76. The van der Waals surface area contributed by atoms with Gasteiger partial charge in [-0.15, -0.1) is 0 Å². The lowest BCUT2D eigenvalue weighted by Gasteiger charge is -2.38. The summed E-state index contributed by atoms with van der Waals surface area (Å²) < 4.78 is 32.7. The van der Waals surface area contributed by atoms with E-state index in [4.69, 9.17) is 4.74 Å². The number of nitro benzene ring substituents is 1. The predicted molar refractivity (Wildman–Crippen MR) is 74.3 cm³/mol. The first-order valence-corrected chi connectivity index (χ1v) is 6.88. The number of benzene rings is 1. The molecule has 1 fully saturated rings. The zero-order valence-corrected chi connectivity index (χ0v) is 12.0. The Morgan fingerprint density at radius 2 is 2.24 bits per heavy atom. The molecular weight excluding hydrogens is 282 g/mol. The van der Waals surface area contributed by atoms with Crippen LogP contribution in [0.25, 0.3) is 0 Å². The van der Waals surface area contributed by atoms with Gasteiger partial charge in [-0.25, -0.2) is 8.78 Å². The SMILES string of the molecule is CCC1(C)CC(Nc2c(F)cc(F)cc2[N+](=O)[O-])CCO1. The van der Waals surface area contributed by atoms with E-state index in [0.29, 0.717) is 25.5 Å². The first-order chi connectivity index (χ1) is 9.84. The summed E-state index contributed by atoms with van der Waals surface area (Å²) >= 11 is 0. The lowest BCUT2D eigenvalue weighted by atomic mass is 9.89. The molecule has 0 aromatic heterocycles. The van der Waals surface area contributed by atoms with E-state index in [1.54, 1.807) is 0 Å². The predicted octanol–water partition coefficient (Wildman–Crippen LogP) is 3.63. The second-order valence-corrected chi connectivity index (χ2v) is 5.52. The topological polar surface area (TPSA) is 64.4 Å². The Morgan fingerprint density at radius 1 is 1.52 bits per heavy atom. The van der Waals surface area contributed by atoms with Crippen LogP contribution in [0.5, 0.6) is 0 Å². The maximum absolute atomic E-state index is 13.9. The number of nitrogens with one attached hydrogen (secondary N) is 1. The summed E-state index contributed by atoms with van der Waals surface area (Å²) in [4.78, 5) is 10.2. The molecule has 116 valence electrons. The van der Waals surface area contributed by atoms with Crippen molar-refractivity contribution in [2.45, 2.75) is 44.8 Å². The van der Waals surface area contributed by atoms with Crippen molar-refractivity contribution in [3.8, 4) is 0 Å². The molecule has 1 aromatic rings. The number of rotatable bonds is 4. The fraction of sp³-hybridized carbons (Fsp3) is 0.571. The van der Waals surface area contributed by atoms with Crippen LogP contribution in [0.15, 0.2) is 12.1 Å². The molecular formula is C14H18F2N2O3. The minimum atomic E-state index is -0.963. The third-order valence-electron chi connectivity index (χ3n) is 3.92. The highest BCUT2D eigenvalue weighted by Crippen LogP contribution is 2.34. The molecule has 0 bridgehead atoms. The van der Waals surface area contributed by atoms with Crippen molar-refractivity contribution < 1.29 is 18.4 Å². The van der Waals surface area contributed by atoms with Crippen LogP contribution in [0.2, 0.25) is 0 Å². The van der Waals surface area contributed by atoms with Crippen molar-refractivity contribution in [2.75, 3.05) is 11.9 Å². The average molecular weight is 300 g/mol. The zero-order chi connectivity index (χ0) is 15.6. The standard InChI is InChI=1S/C14H18F2N2O3/c1-3-14(2)8-10(4-5-21-14)17-13-11(16)6-9(15)7-12(13)18(19)20/h6-7,10,17H,3-5,8H2,1-2H3. The third-order valence-corrected chi connectivity index (χ3v) is 3.92. The van der Waals surface area contributed by atoms with E-state index in [1.807, 2.05) is 13.8 Å². The minimum absolute atomic E-state index is 0.151. The van der Waals surface area contributed by atoms with Crippen molar-refractivity contribution >= 4 is 11.4 Å². The summed E-state index contributed by atoms with van der Waals surface area (Å²) in [6.45, 7) is 4.44. The summed E-state index contributed by atoms with van der Waals surface area (Å²) in [6.07, 6.45) is 2.01. The molecule has 2 atom stereocenters. The molecule has 2 unspecified atom stereocenters. The van der Waals surface area contributed by atoms with Gasteiger partial charge >= 0.3 is 0 Å². The van der Waals surface area contributed by atoms with Gasteiger partial charge in [0.15, 0.2) is 5.82 Å². The average Bonchev–Trinajstić information content (AvgIpc) is 2.41. The van der Waals surface area contributed by atoms with Gasteiger partial charge in [-0.05, 0) is 26.2 Å². The summed E-state index contributed by atoms with van der Waals surface area (Å²) in [5, 5.41) is 13.8. The van der Waals surface area contributed by atoms with Gasteiger partial charge < -0.3 is 10.1 Å². The highest BCUT2D eigenvalue weighted by atomic mass is 19.1. The van der Waals surface area contributed by atoms with Gasteiger partial charge in [0.05, 0.1) is 16.6 Å².